The molecule has 0 spiro atoms. The zero-order valence-corrected chi connectivity index (χ0v) is 17.9. The van der Waals surface area contributed by atoms with Crippen LogP contribution < -0.4 is 19.5 Å². The highest BCUT2D eigenvalue weighted by atomic mass is 35.5. The fraction of sp³-hybridized carbons (Fsp3) is 0.136. The van der Waals surface area contributed by atoms with Gasteiger partial charge in [0.25, 0.3) is 5.91 Å². The van der Waals surface area contributed by atoms with Gasteiger partial charge in [-0.3, -0.25) is 4.79 Å². The summed E-state index contributed by atoms with van der Waals surface area (Å²) >= 11 is 5.86. The third-order valence-electron chi connectivity index (χ3n) is 4.59. The average molecular weight is 459 g/mol. The van der Waals surface area contributed by atoms with Gasteiger partial charge in [-0.05, 0) is 48.0 Å². The molecule has 1 aliphatic rings. The van der Waals surface area contributed by atoms with Gasteiger partial charge in [0, 0.05) is 28.9 Å². The monoisotopic (exact) mass is 458 g/mol. The average Bonchev–Trinajstić information content (AvgIpc) is 2.78. The van der Waals surface area contributed by atoms with Crippen LogP contribution in [0, 0.1) is 0 Å². The zero-order chi connectivity index (χ0) is 21.8. The van der Waals surface area contributed by atoms with Crippen molar-refractivity contribution in [1.29, 1.82) is 0 Å². The molecule has 0 aromatic heterocycles. The van der Waals surface area contributed by atoms with Crippen molar-refractivity contribution in [1.82, 2.24) is 4.72 Å². The fourth-order valence-electron chi connectivity index (χ4n) is 2.99. The summed E-state index contributed by atoms with van der Waals surface area (Å²) < 4.78 is 38.3. The van der Waals surface area contributed by atoms with Crippen molar-refractivity contribution < 1.29 is 22.7 Å². The van der Waals surface area contributed by atoms with Gasteiger partial charge in [-0.2, -0.15) is 0 Å². The van der Waals surface area contributed by atoms with Crippen LogP contribution in [-0.4, -0.2) is 27.5 Å². The Morgan fingerprint density at radius 1 is 0.935 bits per heavy atom. The SMILES string of the molecule is O=C(Nc1ccc2c(c1)OCCO2)c1ccc(CNS(=O)(=O)c2cccc(Cl)c2)cc1. The number of sulfonamides is 1. The topological polar surface area (TPSA) is 93.7 Å². The van der Waals surface area contributed by atoms with E-state index in [9.17, 15) is 13.2 Å². The van der Waals surface area contributed by atoms with Crippen molar-refractivity contribution in [2.24, 2.45) is 0 Å². The maximum atomic E-state index is 12.5. The third kappa shape index (κ3) is 5.16. The lowest BCUT2D eigenvalue weighted by Gasteiger charge is -2.19. The largest absolute Gasteiger partial charge is 0.486 e. The number of nitrogens with one attached hydrogen (secondary N) is 2. The molecule has 9 heteroatoms. The normalized spacial score (nSPS) is 12.9. The number of amides is 1. The fourth-order valence-corrected chi connectivity index (χ4v) is 4.31. The molecule has 31 heavy (non-hydrogen) atoms. The number of halogens is 1. The second kappa shape index (κ2) is 8.97. The quantitative estimate of drug-likeness (QED) is 0.585. The predicted molar refractivity (Wildman–Crippen MR) is 117 cm³/mol. The molecule has 0 radical (unpaired) electrons. The molecule has 1 aliphatic heterocycles. The maximum Gasteiger partial charge on any atom is 0.255 e. The van der Waals surface area contributed by atoms with Gasteiger partial charge in [-0.1, -0.05) is 29.8 Å². The molecule has 3 aromatic rings. The highest BCUT2D eigenvalue weighted by molar-refractivity contribution is 7.89. The van der Waals surface area contributed by atoms with Crippen LogP contribution in [0.4, 0.5) is 5.69 Å². The molecule has 0 unspecified atom stereocenters. The Bertz CT molecular complexity index is 1210. The van der Waals surface area contributed by atoms with Crippen LogP contribution in [0.3, 0.4) is 0 Å². The smallest absolute Gasteiger partial charge is 0.255 e. The molecule has 0 atom stereocenters. The first-order valence-corrected chi connectivity index (χ1v) is 11.3. The Morgan fingerprint density at radius 2 is 1.68 bits per heavy atom. The predicted octanol–water partition coefficient (Wildman–Crippen LogP) is 3.84. The Labute approximate surface area is 185 Å². The van der Waals surface area contributed by atoms with E-state index in [0.29, 0.717) is 46.5 Å². The molecule has 7 nitrogen and oxygen atoms in total. The minimum atomic E-state index is -3.69. The molecule has 2 N–H and O–H groups in total. The first-order chi connectivity index (χ1) is 14.9. The van der Waals surface area contributed by atoms with Crippen LogP contribution in [0.5, 0.6) is 11.5 Å². The molecular weight excluding hydrogens is 440 g/mol. The summed E-state index contributed by atoms with van der Waals surface area (Å²) in [5.74, 6) is 0.947. The number of carbonyl (C=O) groups excluding carboxylic acids is 1. The van der Waals surface area contributed by atoms with Crippen LogP contribution in [0.25, 0.3) is 0 Å². The van der Waals surface area contributed by atoms with Gasteiger partial charge >= 0.3 is 0 Å². The Balaban J connectivity index is 1.38. The van der Waals surface area contributed by atoms with E-state index in [1.54, 1.807) is 54.6 Å². The highest BCUT2D eigenvalue weighted by Crippen LogP contribution is 2.32. The van der Waals surface area contributed by atoms with Crippen molar-refractivity contribution in [3.63, 3.8) is 0 Å². The number of fused-ring (bicyclic) bond motifs is 1. The molecule has 0 saturated heterocycles. The summed E-state index contributed by atoms with van der Waals surface area (Å²) in [6.07, 6.45) is 0. The van der Waals surface area contributed by atoms with Crippen molar-refractivity contribution in [3.8, 4) is 11.5 Å². The Morgan fingerprint density at radius 3 is 2.42 bits per heavy atom. The first-order valence-electron chi connectivity index (χ1n) is 9.46. The number of anilines is 1. The van der Waals surface area contributed by atoms with E-state index in [2.05, 4.69) is 10.0 Å². The lowest BCUT2D eigenvalue weighted by Crippen LogP contribution is -2.23. The van der Waals surface area contributed by atoms with E-state index in [4.69, 9.17) is 21.1 Å². The summed E-state index contributed by atoms with van der Waals surface area (Å²) in [6, 6.07) is 17.9. The van der Waals surface area contributed by atoms with Gasteiger partial charge in [0.1, 0.15) is 13.2 Å². The second-order valence-corrected chi connectivity index (χ2v) is 8.99. The lowest BCUT2D eigenvalue weighted by atomic mass is 10.1. The van der Waals surface area contributed by atoms with Crippen LogP contribution >= 0.6 is 11.6 Å². The summed E-state index contributed by atoms with van der Waals surface area (Å²) in [4.78, 5) is 12.6. The zero-order valence-electron chi connectivity index (χ0n) is 16.3. The van der Waals surface area contributed by atoms with E-state index < -0.39 is 10.0 Å². The van der Waals surface area contributed by atoms with E-state index >= 15 is 0 Å². The number of rotatable bonds is 6. The maximum absolute atomic E-state index is 12.5. The molecule has 0 saturated carbocycles. The lowest BCUT2D eigenvalue weighted by molar-refractivity contribution is 0.102. The molecule has 160 valence electrons. The van der Waals surface area contributed by atoms with Gasteiger partial charge in [-0.15, -0.1) is 0 Å². The van der Waals surface area contributed by atoms with E-state index in [-0.39, 0.29) is 17.3 Å². The summed E-state index contributed by atoms with van der Waals surface area (Å²) in [5, 5.41) is 3.16. The molecular formula is C22H19ClN2O5S. The van der Waals surface area contributed by atoms with Gasteiger partial charge in [0.05, 0.1) is 4.90 Å². The highest BCUT2D eigenvalue weighted by Gasteiger charge is 2.15. The minimum Gasteiger partial charge on any atom is -0.486 e. The molecule has 4 rings (SSSR count). The third-order valence-corrected chi connectivity index (χ3v) is 6.22. The number of benzene rings is 3. The standard InChI is InChI=1S/C22H19ClN2O5S/c23-17-2-1-3-19(12-17)31(27,28)24-14-15-4-6-16(7-5-15)22(26)25-18-8-9-20-21(13-18)30-11-10-29-20/h1-9,12-13,24H,10-11,14H2,(H,25,26). The van der Waals surface area contributed by atoms with Gasteiger partial charge in [-0.25, -0.2) is 13.1 Å². The summed E-state index contributed by atoms with van der Waals surface area (Å²) in [7, 11) is -3.69. The Hall–Kier alpha value is -3.07. The number of hydrogen-bond acceptors (Lipinski definition) is 5. The van der Waals surface area contributed by atoms with Crippen LogP contribution in [0.15, 0.2) is 71.6 Å². The van der Waals surface area contributed by atoms with Gasteiger partial charge in [0.2, 0.25) is 10.0 Å². The summed E-state index contributed by atoms with van der Waals surface area (Å²) in [6.45, 7) is 1.05. The van der Waals surface area contributed by atoms with Gasteiger partial charge < -0.3 is 14.8 Å². The molecule has 1 heterocycles. The van der Waals surface area contributed by atoms with Crippen LogP contribution in [0.2, 0.25) is 5.02 Å². The van der Waals surface area contributed by atoms with E-state index in [1.807, 2.05) is 0 Å². The molecule has 0 aliphatic carbocycles. The minimum absolute atomic E-state index is 0.0822. The molecule has 1 amide bonds. The molecule has 0 bridgehead atoms. The first kappa shape index (κ1) is 21.2. The van der Waals surface area contributed by atoms with Gasteiger partial charge in [0.15, 0.2) is 11.5 Å². The number of hydrogen-bond donors (Lipinski definition) is 2. The van der Waals surface area contributed by atoms with Crippen molar-refractivity contribution in [2.75, 3.05) is 18.5 Å². The Kier molecular flexibility index (Phi) is 6.13. The number of ether oxygens (including phenoxy) is 2. The molecule has 0 fully saturated rings. The van der Waals surface area contributed by atoms with Crippen molar-refractivity contribution in [3.05, 3.63) is 82.9 Å². The summed E-state index contributed by atoms with van der Waals surface area (Å²) in [5.41, 5.74) is 1.74. The van der Waals surface area contributed by atoms with Crippen molar-refractivity contribution in [2.45, 2.75) is 11.4 Å². The van der Waals surface area contributed by atoms with Crippen LogP contribution in [0.1, 0.15) is 15.9 Å². The van der Waals surface area contributed by atoms with Crippen LogP contribution in [-0.2, 0) is 16.6 Å². The van der Waals surface area contributed by atoms with E-state index in [0.717, 1.165) is 0 Å². The second-order valence-electron chi connectivity index (χ2n) is 6.79. The molecule has 3 aromatic carbocycles. The number of carbonyl (C=O) groups is 1. The van der Waals surface area contributed by atoms with Crippen molar-refractivity contribution >= 4 is 33.2 Å². The van der Waals surface area contributed by atoms with E-state index in [1.165, 1.54) is 12.1 Å².